The first-order valence-corrected chi connectivity index (χ1v) is 5.13. The Morgan fingerprint density at radius 3 is 2.42 bits per heavy atom. The molecule has 12 heavy (non-hydrogen) atoms. The van der Waals surface area contributed by atoms with Crippen LogP contribution >= 0.6 is 11.6 Å². The highest BCUT2D eigenvalue weighted by molar-refractivity contribution is 6.33. The van der Waals surface area contributed by atoms with Gasteiger partial charge in [0.1, 0.15) is 0 Å². The first-order valence-electron chi connectivity index (χ1n) is 4.69. The van der Waals surface area contributed by atoms with Gasteiger partial charge in [-0.2, -0.15) is 0 Å². The molecule has 0 N–H and O–H groups in total. The van der Waals surface area contributed by atoms with Gasteiger partial charge < -0.3 is 0 Å². The zero-order valence-corrected chi connectivity index (χ0v) is 8.56. The summed E-state index contributed by atoms with van der Waals surface area (Å²) in [6, 6.07) is 0. The molecule has 2 aliphatic rings. The van der Waals surface area contributed by atoms with Gasteiger partial charge in [0.2, 0.25) is 0 Å². The van der Waals surface area contributed by atoms with Crippen LogP contribution in [0.1, 0.15) is 27.2 Å². The molecule has 0 aromatic carbocycles. The largest absolute Gasteiger partial charge is 0.298 e. The number of hydrogen-bond acceptors (Lipinski definition) is 1. The van der Waals surface area contributed by atoms with E-state index in [9.17, 15) is 4.79 Å². The molecule has 2 aliphatic carbocycles. The first kappa shape index (κ1) is 8.55. The van der Waals surface area contributed by atoms with Gasteiger partial charge in [0.15, 0.2) is 5.78 Å². The SMILES string of the molecule is CC(C)[C@@]12C[C@@H]1[C@@H](C)C(=O)[C@H]2Cl. The number of halogens is 1. The quantitative estimate of drug-likeness (QED) is 0.575. The van der Waals surface area contributed by atoms with Crippen LogP contribution in [-0.2, 0) is 4.79 Å². The van der Waals surface area contributed by atoms with Crippen molar-refractivity contribution in [3.63, 3.8) is 0 Å². The van der Waals surface area contributed by atoms with Crippen LogP contribution in [0.4, 0.5) is 0 Å². The summed E-state index contributed by atoms with van der Waals surface area (Å²) in [7, 11) is 0. The van der Waals surface area contributed by atoms with Crippen LogP contribution in [-0.4, -0.2) is 11.2 Å². The van der Waals surface area contributed by atoms with Crippen LogP contribution in [0.3, 0.4) is 0 Å². The Balaban J connectivity index is 2.30. The average Bonchev–Trinajstić information content (AvgIpc) is 2.71. The third kappa shape index (κ3) is 0.736. The molecule has 2 saturated carbocycles. The van der Waals surface area contributed by atoms with E-state index in [2.05, 4.69) is 13.8 Å². The van der Waals surface area contributed by atoms with E-state index in [1.807, 2.05) is 6.92 Å². The monoisotopic (exact) mass is 186 g/mol. The number of ketones is 1. The van der Waals surface area contributed by atoms with Gasteiger partial charge in [0, 0.05) is 5.92 Å². The van der Waals surface area contributed by atoms with E-state index in [-0.39, 0.29) is 22.5 Å². The summed E-state index contributed by atoms with van der Waals surface area (Å²) in [5.74, 6) is 1.64. The Morgan fingerprint density at radius 2 is 2.17 bits per heavy atom. The maximum atomic E-state index is 11.5. The predicted molar refractivity (Wildman–Crippen MR) is 49.2 cm³/mol. The van der Waals surface area contributed by atoms with Gasteiger partial charge in [0.05, 0.1) is 5.38 Å². The number of hydrogen-bond donors (Lipinski definition) is 0. The minimum absolute atomic E-state index is 0.179. The highest BCUT2D eigenvalue weighted by Crippen LogP contribution is 2.69. The number of fused-ring (bicyclic) bond motifs is 1. The first-order chi connectivity index (χ1) is 5.51. The highest BCUT2D eigenvalue weighted by atomic mass is 35.5. The van der Waals surface area contributed by atoms with Gasteiger partial charge in [0.25, 0.3) is 0 Å². The molecule has 0 aliphatic heterocycles. The number of rotatable bonds is 1. The van der Waals surface area contributed by atoms with Crippen molar-refractivity contribution in [2.45, 2.75) is 32.6 Å². The highest BCUT2D eigenvalue weighted by Gasteiger charge is 2.70. The second-order valence-corrected chi connectivity index (χ2v) is 5.07. The molecule has 2 rings (SSSR count). The fraction of sp³-hybridized carbons (Fsp3) is 0.900. The normalized spacial score (nSPS) is 51.4. The molecule has 2 fully saturated rings. The number of Topliss-reactive ketones (excluding diaryl/α,β-unsaturated/α-hetero) is 1. The molecule has 1 nitrogen and oxygen atoms in total. The van der Waals surface area contributed by atoms with Crippen LogP contribution in [0.2, 0.25) is 0 Å². The Morgan fingerprint density at radius 1 is 1.58 bits per heavy atom. The Hall–Kier alpha value is -0.0400. The molecule has 68 valence electrons. The molecule has 0 aromatic rings. The van der Waals surface area contributed by atoms with E-state index in [1.54, 1.807) is 0 Å². The smallest absolute Gasteiger partial charge is 0.154 e. The summed E-state index contributed by atoms with van der Waals surface area (Å²) in [5.41, 5.74) is 0.179. The van der Waals surface area contributed by atoms with Crippen LogP contribution in [0.15, 0.2) is 0 Å². The molecular weight excluding hydrogens is 172 g/mol. The molecule has 0 unspecified atom stereocenters. The van der Waals surface area contributed by atoms with Crippen LogP contribution in [0.5, 0.6) is 0 Å². The standard InChI is InChI=1S/C10H15ClO/c1-5(2)10-4-7(10)6(3)8(12)9(10)11/h5-7,9H,4H2,1-3H3/t6-,7-,9-,10+/m1/s1. The van der Waals surface area contributed by atoms with Gasteiger partial charge in [-0.3, -0.25) is 4.79 Å². The minimum Gasteiger partial charge on any atom is -0.298 e. The van der Waals surface area contributed by atoms with E-state index in [0.717, 1.165) is 0 Å². The maximum absolute atomic E-state index is 11.5. The summed E-state index contributed by atoms with van der Waals surface area (Å²) < 4.78 is 0. The summed E-state index contributed by atoms with van der Waals surface area (Å²) in [6.07, 6.45) is 1.17. The van der Waals surface area contributed by atoms with Crippen LogP contribution in [0.25, 0.3) is 0 Å². The topological polar surface area (TPSA) is 17.1 Å². The van der Waals surface area contributed by atoms with Crippen molar-refractivity contribution >= 4 is 17.4 Å². The predicted octanol–water partition coefficient (Wildman–Crippen LogP) is 2.47. The van der Waals surface area contributed by atoms with Crippen molar-refractivity contribution in [2.24, 2.45) is 23.2 Å². The fourth-order valence-electron chi connectivity index (χ4n) is 2.91. The molecule has 0 amide bonds. The summed E-state index contributed by atoms with van der Waals surface area (Å²) in [4.78, 5) is 11.5. The molecular formula is C10H15ClO. The van der Waals surface area contributed by atoms with Crippen molar-refractivity contribution in [2.75, 3.05) is 0 Å². The molecule has 0 spiro atoms. The molecule has 0 aromatic heterocycles. The van der Waals surface area contributed by atoms with E-state index in [1.165, 1.54) is 6.42 Å². The lowest BCUT2D eigenvalue weighted by Crippen LogP contribution is -2.26. The van der Waals surface area contributed by atoms with Crippen molar-refractivity contribution in [1.82, 2.24) is 0 Å². The van der Waals surface area contributed by atoms with Crippen molar-refractivity contribution in [3.05, 3.63) is 0 Å². The second kappa shape index (κ2) is 2.25. The zero-order chi connectivity index (χ0) is 9.09. The molecule has 0 bridgehead atoms. The summed E-state index contributed by atoms with van der Waals surface area (Å²) in [6.45, 7) is 6.39. The van der Waals surface area contributed by atoms with Gasteiger partial charge in [-0.15, -0.1) is 11.6 Å². The van der Waals surface area contributed by atoms with E-state index in [4.69, 9.17) is 11.6 Å². The van der Waals surface area contributed by atoms with Crippen molar-refractivity contribution < 1.29 is 4.79 Å². The van der Waals surface area contributed by atoms with Crippen LogP contribution < -0.4 is 0 Å². The second-order valence-electron chi connectivity index (χ2n) is 4.63. The average molecular weight is 187 g/mol. The molecule has 0 heterocycles. The van der Waals surface area contributed by atoms with Crippen molar-refractivity contribution in [1.29, 1.82) is 0 Å². The van der Waals surface area contributed by atoms with Crippen molar-refractivity contribution in [3.8, 4) is 0 Å². The minimum atomic E-state index is -0.197. The zero-order valence-electron chi connectivity index (χ0n) is 7.80. The Bertz CT molecular complexity index is 236. The summed E-state index contributed by atoms with van der Waals surface area (Å²) in [5, 5.41) is -0.197. The molecule has 0 radical (unpaired) electrons. The lowest BCUT2D eigenvalue weighted by molar-refractivity contribution is -0.121. The maximum Gasteiger partial charge on any atom is 0.154 e. The van der Waals surface area contributed by atoms with Gasteiger partial charge in [-0.1, -0.05) is 20.8 Å². The van der Waals surface area contributed by atoms with Gasteiger partial charge >= 0.3 is 0 Å². The Labute approximate surface area is 78.5 Å². The third-order valence-corrected chi connectivity index (χ3v) is 4.57. The fourth-order valence-corrected chi connectivity index (χ4v) is 3.61. The number of carbonyl (C=O) groups excluding carboxylic acids is 1. The van der Waals surface area contributed by atoms with E-state index < -0.39 is 0 Å². The third-order valence-electron chi connectivity index (χ3n) is 3.95. The van der Waals surface area contributed by atoms with E-state index >= 15 is 0 Å². The van der Waals surface area contributed by atoms with Gasteiger partial charge in [-0.05, 0) is 23.7 Å². The lowest BCUT2D eigenvalue weighted by atomic mass is 9.89. The lowest BCUT2D eigenvalue weighted by Gasteiger charge is -2.20. The molecule has 0 saturated heterocycles. The summed E-state index contributed by atoms with van der Waals surface area (Å²) >= 11 is 6.15. The molecule has 4 atom stereocenters. The number of carbonyl (C=O) groups is 1. The Kier molecular flexibility index (Phi) is 1.61. The van der Waals surface area contributed by atoms with Crippen LogP contribution in [0, 0.1) is 23.2 Å². The van der Waals surface area contributed by atoms with Gasteiger partial charge in [-0.25, -0.2) is 0 Å². The number of alkyl halides is 1. The van der Waals surface area contributed by atoms with E-state index in [0.29, 0.717) is 11.8 Å². The molecule has 2 heteroatoms.